The van der Waals surface area contributed by atoms with Crippen LogP contribution in [0, 0.1) is 18.4 Å². The number of aliphatic imine (C=N–C) groups is 1. The number of aryl methyl sites for hydroxylation is 1. The van der Waals surface area contributed by atoms with Crippen molar-refractivity contribution in [3.8, 4) is 6.19 Å². The van der Waals surface area contributed by atoms with Gasteiger partial charge in [-0.3, -0.25) is 10.1 Å². The summed E-state index contributed by atoms with van der Waals surface area (Å²) in [4.78, 5) is 20.3. The number of nitriles is 1. The van der Waals surface area contributed by atoms with E-state index >= 15 is 0 Å². The molecule has 0 fully saturated rings. The van der Waals surface area contributed by atoms with Crippen LogP contribution in [0.25, 0.3) is 0 Å². The summed E-state index contributed by atoms with van der Waals surface area (Å²) in [6, 6.07) is 6.82. The van der Waals surface area contributed by atoms with Gasteiger partial charge in [0, 0.05) is 5.56 Å². The van der Waals surface area contributed by atoms with Crippen LogP contribution in [0.1, 0.15) is 34.8 Å². The molecule has 2 rings (SSSR count). The fraction of sp³-hybridized carbons (Fsp3) is 0.222. The highest BCUT2D eigenvalue weighted by Gasteiger charge is 2.15. The van der Waals surface area contributed by atoms with Crippen molar-refractivity contribution in [2.24, 2.45) is 10.7 Å². The van der Waals surface area contributed by atoms with E-state index in [9.17, 15) is 4.79 Å². The molecule has 26 heavy (non-hydrogen) atoms. The molecule has 0 radical (unpaired) electrons. The summed E-state index contributed by atoms with van der Waals surface area (Å²) in [7, 11) is 0. The number of primary amides is 1. The Balaban J connectivity index is 2.51. The number of hydrogen-bond donors (Lipinski definition) is 3. The van der Waals surface area contributed by atoms with E-state index in [0.717, 1.165) is 17.5 Å². The molecule has 1 aromatic carbocycles. The van der Waals surface area contributed by atoms with Crippen LogP contribution in [-0.4, -0.2) is 16.9 Å². The maximum absolute atomic E-state index is 11.8. The van der Waals surface area contributed by atoms with Crippen LogP contribution in [0.3, 0.4) is 0 Å². The number of nitrogens with two attached hydrogens (primary N) is 1. The summed E-state index contributed by atoms with van der Waals surface area (Å²) >= 11 is 5.78. The number of rotatable bonds is 5. The van der Waals surface area contributed by atoms with Crippen molar-refractivity contribution in [2.75, 3.05) is 5.32 Å². The van der Waals surface area contributed by atoms with Crippen molar-refractivity contribution in [3.63, 3.8) is 0 Å². The van der Waals surface area contributed by atoms with E-state index in [1.54, 1.807) is 24.3 Å². The number of anilines is 1. The van der Waals surface area contributed by atoms with Gasteiger partial charge in [0.1, 0.15) is 5.15 Å². The van der Waals surface area contributed by atoms with E-state index in [4.69, 9.17) is 22.6 Å². The van der Waals surface area contributed by atoms with Gasteiger partial charge >= 0.3 is 0 Å². The molecule has 2 aromatic rings. The second kappa shape index (κ2) is 8.83. The summed E-state index contributed by atoms with van der Waals surface area (Å²) in [5.74, 6) is -0.298. The van der Waals surface area contributed by atoms with Gasteiger partial charge in [-0.15, -0.1) is 0 Å². The second-order valence-corrected chi connectivity index (χ2v) is 5.95. The van der Waals surface area contributed by atoms with Crippen molar-refractivity contribution in [2.45, 2.75) is 26.7 Å². The van der Waals surface area contributed by atoms with Crippen molar-refractivity contribution >= 4 is 34.8 Å². The largest absolute Gasteiger partial charge is 0.366 e. The Morgan fingerprint density at radius 2 is 2.15 bits per heavy atom. The number of halogens is 1. The molecule has 0 aliphatic rings. The van der Waals surface area contributed by atoms with Gasteiger partial charge in [-0.1, -0.05) is 31.0 Å². The van der Waals surface area contributed by atoms with E-state index in [0.29, 0.717) is 28.5 Å². The van der Waals surface area contributed by atoms with Crippen LogP contribution in [0.4, 0.5) is 11.4 Å². The molecule has 8 heteroatoms. The Labute approximate surface area is 156 Å². The van der Waals surface area contributed by atoms with Crippen LogP contribution in [-0.2, 0) is 6.42 Å². The van der Waals surface area contributed by atoms with Gasteiger partial charge in [0.05, 0.1) is 17.6 Å². The molecular formula is C18H19ClN6O. The highest BCUT2D eigenvalue weighted by atomic mass is 35.5. The van der Waals surface area contributed by atoms with E-state index in [1.807, 2.05) is 20.0 Å². The Morgan fingerprint density at radius 3 is 2.73 bits per heavy atom. The van der Waals surface area contributed by atoms with Gasteiger partial charge in [-0.2, -0.15) is 5.26 Å². The number of benzene rings is 1. The average molecular weight is 371 g/mol. The molecule has 0 unspecified atom stereocenters. The molecule has 0 aliphatic heterocycles. The Morgan fingerprint density at radius 1 is 1.38 bits per heavy atom. The first-order chi connectivity index (χ1) is 12.5. The first-order valence-corrected chi connectivity index (χ1v) is 8.38. The molecule has 0 saturated heterocycles. The molecule has 0 atom stereocenters. The van der Waals surface area contributed by atoms with Crippen molar-refractivity contribution in [3.05, 3.63) is 52.3 Å². The molecule has 134 valence electrons. The Bertz CT molecular complexity index is 870. The third-order valence-corrected chi connectivity index (χ3v) is 3.86. The minimum Gasteiger partial charge on any atom is -0.366 e. The predicted octanol–water partition coefficient (Wildman–Crippen LogP) is 3.27. The summed E-state index contributed by atoms with van der Waals surface area (Å²) in [6.07, 6.45) is 4.83. The van der Waals surface area contributed by atoms with Gasteiger partial charge in [0.2, 0.25) is 11.9 Å². The van der Waals surface area contributed by atoms with Crippen LogP contribution in [0.5, 0.6) is 0 Å². The van der Waals surface area contributed by atoms with Crippen molar-refractivity contribution in [1.82, 2.24) is 10.3 Å². The first-order valence-electron chi connectivity index (χ1n) is 8.01. The predicted molar refractivity (Wildman–Crippen MR) is 102 cm³/mol. The van der Waals surface area contributed by atoms with Gasteiger partial charge in [0.15, 0.2) is 6.19 Å². The topological polar surface area (TPSA) is 116 Å². The van der Waals surface area contributed by atoms with Gasteiger partial charge < -0.3 is 11.1 Å². The summed E-state index contributed by atoms with van der Waals surface area (Å²) in [6.45, 7) is 3.89. The zero-order chi connectivity index (χ0) is 19.1. The first kappa shape index (κ1) is 19.2. The quantitative estimate of drug-likeness (QED) is 0.245. The number of amides is 1. The number of guanidine groups is 1. The standard InChI is InChI=1S/C18H19ClN6O/c1-3-4-13-14(17(21)26)7-5-11(2)16(13)25-18(23-10-20)24-12-6-8-15(19)22-9-12/h5-9H,3-4H2,1-2H3,(H2,21,26)(H2,23,24,25). The van der Waals surface area contributed by atoms with E-state index in [1.165, 1.54) is 6.20 Å². The molecule has 0 bridgehead atoms. The zero-order valence-electron chi connectivity index (χ0n) is 14.5. The number of hydrogen-bond acceptors (Lipinski definition) is 4. The Kier molecular flexibility index (Phi) is 6.53. The lowest BCUT2D eigenvalue weighted by molar-refractivity contribution is 0.0999. The second-order valence-electron chi connectivity index (χ2n) is 5.56. The minimum atomic E-state index is -0.505. The molecule has 7 nitrogen and oxygen atoms in total. The molecule has 0 spiro atoms. The monoisotopic (exact) mass is 370 g/mol. The maximum Gasteiger partial charge on any atom is 0.249 e. The van der Waals surface area contributed by atoms with Crippen LogP contribution in [0.15, 0.2) is 35.5 Å². The number of carbonyl (C=O) groups is 1. The van der Waals surface area contributed by atoms with Crippen LogP contribution >= 0.6 is 11.6 Å². The summed E-state index contributed by atoms with van der Waals surface area (Å²) in [5, 5.41) is 14.9. The zero-order valence-corrected chi connectivity index (χ0v) is 15.3. The molecule has 1 heterocycles. The molecular weight excluding hydrogens is 352 g/mol. The third kappa shape index (κ3) is 4.71. The van der Waals surface area contributed by atoms with Gasteiger partial charge in [-0.05, 0) is 42.7 Å². The summed E-state index contributed by atoms with van der Waals surface area (Å²) in [5.41, 5.74) is 8.77. The fourth-order valence-electron chi connectivity index (χ4n) is 2.48. The highest BCUT2D eigenvalue weighted by molar-refractivity contribution is 6.29. The lowest BCUT2D eigenvalue weighted by Gasteiger charge is -2.14. The normalized spacial score (nSPS) is 10.9. The number of nitrogens with one attached hydrogen (secondary N) is 2. The smallest absolute Gasteiger partial charge is 0.249 e. The molecule has 1 amide bonds. The average Bonchev–Trinajstić information content (AvgIpc) is 2.60. The lowest BCUT2D eigenvalue weighted by Crippen LogP contribution is -2.26. The minimum absolute atomic E-state index is 0.207. The Hall–Kier alpha value is -3.11. The van der Waals surface area contributed by atoms with E-state index < -0.39 is 5.91 Å². The number of carbonyl (C=O) groups excluding carboxylic acids is 1. The van der Waals surface area contributed by atoms with Crippen molar-refractivity contribution in [1.29, 1.82) is 5.26 Å². The number of aromatic nitrogens is 1. The SMILES string of the molecule is CCCc1c(C(N)=O)ccc(C)c1N=C(NC#N)Nc1ccc(Cl)nc1. The molecule has 1 aromatic heterocycles. The highest BCUT2D eigenvalue weighted by Crippen LogP contribution is 2.29. The maximum atomic E-state index is 11.8. The number of nitrogens with zero attached hydrogens (tertiary/aromatic N) is 3. The third-order valence-electron chi connectivity index (χ3n) is 3.64. The summed E-state index contributed by atoms with van der Waals surface area (Å²) < 4.78 is 0. The van der Waals surface area contributed by atoms with E-state index in [2.05, 4.69) is 20.6 Å². The van der Waals surface area contributed by atoms with Gasteiger partial charge in [-0.25, -0.2) is 9.98 Å². The van der Waals surface area contributed by atoms with Crippen molar-refractivity contribution < 1.29 is 4.79 Å². The van der Waals surface area contributed by atoms with E-state index in [-0.39, 0.29) is 5.96 Å². The lowest BCUT2D eigenvalue weighted by atomic mass is 9.97. The molecule has 4 N–H and O–H groups in total. The van der Waals surface area contributed by atoms with Gasteiger partial charge in [0.25, 0.3) is 0 Å². The number of pyridine rings is 1. The fourth-order valence-corrected chi connectivity index (χ4v) is 2.59. The van der Waals surface area contributed by atoms with Crippen LogP contribution < -0.4 is 16.4 Å². The van der Waals surface area contributed by atoms with Crippen LogP contribution in [0.2, 0.25) is 5.15 Å². The molecule has 0 saturated carbocycles. The molecule has 0 aliphatic carbocycles.